The normalized spacial score (nSPS) is 12.0. The number of nitrogens with one attached hydrogen (secondary N) is 1. The number of fused-ring (bicyclic) bond motifs is 2. The lowest BCUT2D eigenvalue weighted by molar-refractivity contribution is -0.153. The van der Waals surface area contributed by atoms with E-state index in [1.165, 1.54) is 6.92 Å². The van der Waals surface area contributed by atoms with Gasteiger partial charge in [0.15, 0.2) is 29.0 Å². The van der Waals surface area contributed by atoms with Gasteiger partial charge in [-0.05, 0) is 43.3 Å². The van der Waals surface area contributed by atoms with Crippen molar-refractivity contribution in [1.29, 1.82) is 0 Å². The molecule has 1 amide bonds. The van der Waals surface area contributed by atoms with Gasteiger partial charge in [0.2, 0.25) is 0 Å². The largest absolute Gasteiger partial charge is 0.451 e. The maximum absolute atomic E-state index is 13.8. The number of benzene rings is 3. The van der Waals surface area contributed by atoms with Gasteiger partial charge < -0.3 is 14.6 Å². The van der Waals surface area contributed by atoms with E-state index < -0.39 is 41.1 Å². The van der Waals surface area contributed by atoms with E-state index in [9.17, 15) is 27.6 Å². The number of nitrogens with zero attached hydrogens (tertiary/aromatic N) is 1. The summed E-state index contributed by atoms with van der Waals surface area (Å²) in [4.78, 5) is 37.7. The average molecular weight is 454 g/mol. The first-order chi connectivity index (χ1) is 15.8. The zero-order valence-electron chi connectivity index (χ0n) is 17.3. The maximum atomic E-state index is 13.8. The number of carbonyl (C=O) groups is 2. The van der Waals surface area contributed by atoms with E-state index in [1.807, 2.05) is 0 Å². The van der Waals surface area contributed by atoms with Crippen LogP contribution in [-0.4, -0.2) is 22.5 Å². The third kappa shape index (κ3) is 4.17. The SMILES string of the molecule is CC(OC(=O)Cn1c2ccccc2c(=O)c2ccccc21)C(=O)Nc1ccc(F)c(F)c1F. The summed E-state index contributed by atoms with van der Waals surface area (Å²) in [6, 6.07) is 15.1. The van der Waals surface area contributed by atoms with E-state index in [4.69, 9.17) is 4.74 Å². The summed E-state index contributed by atoms with van der Waals surface area (Å²) in [6.45, 7) is 0.950. The summed E-state index contributed by atoms with van der Waals surface area (Å²) in [7, 11) is 0. The number of para-hydroxylation sites is 2. The number of rotatable bonds is 5. The van der Waals surface area contributed by atoms with Gasteiger partial charge >= 0.3 is 5.97 Å². The molecule has 0 saturated carbocycles. The first kappa shape index (κ1) is 22.1. The van der Waals surface area contributed by atoms with Crippen LogP contribution in [0.4, 0.5) is 18.9 Å². The molecule has 0 spiro atoms. The van der Waals surface area contributed by atoms with E-state index in [2.05, 4.69) is 5.32 Å². The minimum Gasteiger partial charge on any atom is -0.451 e. The van der Waals surface area contributed by atoms with Gasteiger partial charge in [0, 0.05) is 10.8 Å². The molecule has 9 heteroatoms. The summed E-state index contributed by atoms with van der Waals surface area (Å²) < 4.78 is 47.0. The molecule has 1 aromatic heterocycles. The number of ether oxygens (including phenoxy) is 1. The van der Waals surface area contributed by atoms with Crippen LogP contribution in [0.3, 0.4) is 0 Å². The van der Waals surface area contributed by atoms with E-state index in [-0.39, 0.29) is 12.0 Å². The Balaban J connectivity index is 1.57. The molecular weight excluding hydrogens is 437 g/mol. The van der Waals surface area contributed by atoms with Gasteiger partial charge in [-0.25, -0.2) is 13.2 Å². The molecule has 168 valence electrons. The van der Waals surface area contributed by atoms with Crippen molar-refractivity contribution in [3.05, 3.63) is 88.3 Å². The lowest BCUT2D eigenvalue weighted by Gasteiger charge is -2.17. The number of aromatic nitrogens is 1. The smallest absolute Gasteiger partial charge is 0.326 e. The predicted octanol–water partition coefficient (Wildman–Crippen LogP) is 4.14. The number of amides is 1. The molecule has 4 aromatic rings. The third-order valence-corrected chi connectivity index (χ3v) is 5.14. The Hall–Kier alpha value is -4.14. The van der Waals surface area contributed by atoms with Crippen molar-refractivity contribution in [2.24, 2.45) is 0 Å². The number of pyridine rings is 1. The van der Waals surface area contributed by atoms with Gasteiger partial charge in [-0.2, -0.15) is 0 Å². The highest BCUT2D eigenvalue weighted by Crippen LogP contribution is 2.21. The fraction of sp³-hybridized carbons (Fsp3) is 0.125. The highest BCUT2D eigenvalue weighted by Gasteiger charge is 2.22. The molecule has 1 atom stereocenters. The van der Waals surface area contributed by atoms with Gasteiger partial charge in [0.25, 0.3) is 5.91 Å². The molecular formula is C24H17F3N2O4. The second kappa shape index (κ2) is 8.78. The average Bonchev–Trinajstić information content (AvgIpc) is 2.82. The first-order valence-corrected chi connectivity index (χ1v) is 9.92. The molecule has 1 heterocycles. The topological polar surface area (TPSA) is 77.4 Å². The van der Waals surface area contributed by atoms with Crippen molar-refractivity contribution in [3.63, 3.8) is 0 Å². The standard InChI is InChI=1S/C24H17F3N2O4/c1-13(24(32)28-17-11-10-16(25)21(26)22(17)27)33-20(30)12-29-18-8-4-2-6-14(18)23(31)15-7-3-5-9-19(15)29/h2-11,13H,12H2,1H3,(H,28,32). The van der Waals surface area contributed by atoms with E-state index in [0.717, 1.165) is 6.07 Å². The number of carbonyl (C=O) groups excluding carboxylic acids is 2. The van der Waals surface area contributed by atoms with Crippen molar-refractivity contribution >= 4 is 39.4 Å². The van der Waals surface area contributed by atoms with E-state index in [1.54, 1.807) is 53.1 Å². The van der Waals surface area contributed by atoms with Crippen molar-refractivity contribution in [2.75, 3.05) is 5.32 Å². The summed E-state index contributed by atoms with van der Waals surface area (Å²) in [6.07, 6.45) is -1.36. The highest BCUT2D eigenvalue weighted by molar-refractivity contribution is 5.96. The number of anilines is 1. The maximum Gasteiger partial charge on any atom is 0.326 e. The third-order valence-electron chi connectivity index (χ3n) is 5.14. The number of halogens is 3. The van der Waals surface area contributed by atoms with Gasteiger partial charge in [-0.3, -0.25) is 14.4 Å². The molecule has 1 unspecified atom stereocenters. The van der Waals surface area contributed by atoms with Crippen molar-refractivity contribution < 1.29 is 27.5 Å². The quantitative estimate of drug-likeness (QED) is 0.279. The second-order valence-corrected chi connectivity index (χ2v) is 7.29. The van der Waals surface area contributed by atoms with Crippen LogP contribution in [0.2, 0.25) is 0 Å². The van der Waals surface area contributed by atoms with Crippen LogP contribution in [0.15, 0.2) is 65.5 Å². The molecule has 4 rings (SSSR count). The fourth-order valence-electron chi connectivity index (χ4n) is 3.52. The number of hydrogen-bond donors (Lipinski definition) is 1. The molecule has 0 saturated heterocycles. The Morgan fingerprint density at radius 2 is 1.48 bits per heavy atom. The molecule has 0 bridgehead atoms. The van der Waals surface area contributed by atoms with Crippen molar-refractivity contribution in [3.8, 4) is 0 Å². The summed E-state index contributed by atoms with van der Waals surface area (Å²) in [5.74, 6) is -6.40. The Morgan fingerprint density at radius 3 is 2.09 bits per heavy atom. The van der Waals surface area contributed by atoms with E-state index in [0.29, 0.717) is 27.9 Å². The van der Waals surface area contributed by atoms with Crippen molar-refractivity contribution in [2.45, 2.75) is 19.6 Å². The first-order valence-electron chi connectivity index (χ1n) is 9.92. The fourth-order valence-corrected chi connectivity index (χ4v) is 3.52. The monoisotopic (exact) mass is 454 g/mol. The van der Waals surface area contributed by atoms with Crippen molar-refractivity contribution in [1.82, 2.24) is 4.57 Å². The zero-order valence-corrected chi connectivity index (χ0v) is 17.3. The summed E-state index contributed by atoms with van der Waals surface area (Å²) in [5.41, 5.74) is 0.268. The number of esters is 1. The highest BCUT2D eigenvalue weighted by atomic mass is 19.2. The van der Waals surface area contributed by atoms with Crippen LogP contribution >= 0.6 is 0 Å². The minimum absolute atomic E-state index is 0.174. The van der Waals surface area contributed by atoms with E-state index >= 15 is 0 Å². The molecule has 0 aliphatic carbocycles. The Kier molecular flexibility index (Phi) is 5.87. The number of hydrogen-bond acceptors (Lipinski definition) is 4. The molecule has 0 aliphatic rings. The molecule has 0 fully saturated rings. The van der Waals surface area contributed by atoms with Crippen LogP contribution in [0.5, 0.6) is 0 Å². The molecule has 6 nitrogen and oxygen atoms in total. The molecule has 0 radical (unpaired) electrons. The zero-order chi connectivity index (χ0) is 23.7. The van der Waals surface area contributed by atoms with Gasteiger partial charge in [-0.15, -0.1) is 0 Å². The van der Waals surface area contributed by atoms with Crippen LogP contribution in [0.1, 0.15) is 6.92 Å². The minimum atomic E-state index is -1.73. The predicted molar refractivity (Wildman–Crippen MR) is 116 cm³/mol. The summed E-state index contributed by atoms with van der Waals surface area (Å²) in [5, 5.41) is 2.91. The second-order valence-electron chi connectivity index (χ2n) is 7.29. The molecule has 1 N–H and O–H groups in total. The Bertz CT molecular complexity index is 1410. The van der Waals surface area contributed by atoms with Crippen LogP contribution in [-0.2, 0) is 20.9 Å². The Morgan fingerprint density at radius 1 is 0.909 bits per heavy atom. The van der Waals surface area contributed by atoms with Gasteiger partial charge in [0.05, 0.1) is 16.7 Å². The molecule has 3 aromatic carbocycles. The summed E-state index contributed by atoms with van der Waals surface area (Å²) >= 11 is 0. The Labute approximate surface area is 185 Å². The van der Waals surface area contributed by atoms with Crippen LogP contribution < -0.4 is 10.7 Å². The lowest BCUT2D eigenvalue weighted by Crippen LogP contribution is -2.31. The molecule has 0 aliphatic heterocycles. The molecule has 33 heavy (non-hydrogen) atoms. The van der Waals surface area contributed by atoms with Crippen LogP contribution in [0.25, 0.3) is 21.8 Å². The van der Waals surface area contributed by atoms with Gasteiger partial charge in [-0.1, -0.05) is 24.3 Å². The lowest BCUT2D eigenvalue weighted by atomic mass is 10.1. The van der Waals surface area contributed by atoms with Crippen LogP contribution in [0, 0.1) is 17.5 Å². The van der Waals surface area contributed by atoms with Gasteiger partial charge in [0.1, 0.15) is 6.54 Å².